The molecule has 2 rings (SSSR count). The number of aliphatic hydroxyl groups is 1. The largest absolute Gasteiger partial charge is 0.386 e. The highest BCUT2D eigenvalue weighted by Crippen LogP contribution is 2.33. The average Bonchev–Trinajstić information content (AvgIpc) is 2.61. The van der Waals surface area contributed by atoms with E-state index in [2.05, 4.69) is 0 Å². The molecule has 1 fully saturated rings. The van der Waals surface area contributed by atoms with Crippen LogP contribution >= 0.6 is 0 Å². The molecule has 1 N–H and O–H groups in total. The van der Waals surface area contributed by atoms with Gasteiger partial charge in [0, 0.05) is 0 Å². The van der Waals surface area contributed by atoms with Gasteiger partial charge in [-0.15, -0.1) is 0 Å². The lowest BCUT2D eigenvalue weighted by Gasteiger charge is -2.10. The number of ether oxygens (including phenoxy) is 1. The molecule has 0 aromatic carbocycles. The van der Waals surface area contributed by atoms with Crippen LogP contribution in [0.5, 0.6) is 0 Å². The first-order valence-corrected chi connectivity index (χ1v) is 3.26. The summed E-state index contributed by atoms with van der Waals surface area (Å²) in [6, 6.07) is 0. The van der Waals surface area contributed by atoms with E-state index < -0.39 is 6.10 Å². The van der Waals surface area contributed by atoms with Crippen molar-refractivity contribution < 1.29 is 14.6 Å². The van der Waals surface area contributed by atoms with E-state index in [9.17, 15) is 9.90 Å². The van der Waals surface area contributed by atoms with E-state index in [1.165, 1.54) is 6.08 Å². The fourth-order valence-electron chi connectivity index (χ4n) is 1.24. The first-order valence-electron chi connectivity index (χ1n) is 3.26. The van der Waals surface area contributed by atoms with E-state index in [4.69, 9.17) is 4.74 Å². The molecule has 10 heavy (non-hydrogen) atoms. The van der Waals surface area contributed by atoms with Gasteiger partial charge < -0.3 is 9.84 Å². The van der Waals surface area contributed by atoms with Gasteiger partial charge in [0.1, 0.15) is 18.3 Å². The molecule has 0 aromatic heterocycles. The second kappa shape index (κ2) is 1.68. The standard InChI is InChI=1S/C7H8O3/c1-3-2-4(8)6-7(10-6)5(3)9/h2,5-7,9H,1H3. The highest BCUT2D eigenvalue weighted by atomic mass is 16.6. The van der Waals surface area contributed by atoms with Crippen LogP contribution in [0.4, 0.5) is 0 Å². The number of hydrogen-bond donors (Lipinski definition) is 1. The quantitative estimate of drug-likeness (QED) is 0.467. The van der Waals surface area contributed by atoms with Crippen LogP contribution < -0.4 is 0 Å². The third-order valence-corrected chi connectivity index (χ3v) is 1.95. The van der Waals surface area contributed by atoms with E-state index in [1.54, 1.807) is 6.92 Å². The van der Waals surface area contributed by atoms with Crippen LogP contribution in [0.1, 0.15) is 6.92 Å². The van der Waals surface area contributed by atoms with Crippen molar-refractivity contribution in [3.8, 4) is 0 Å². The molecule has 3 nitrogen and oxygen atoms in total. The molecule has 0 saturated carbocycles. The van der Waals surface area contributed by atoms with E-state index in [0.29, 0.717) is 5.57 Å². The third kappa shape index (κ3) is 0.646. The van der Waals surface area contributed by atoms with Crippen LogP contribution in [0.3, 0.4) is 0 Å². The number of carbonyl (C=O) groups excluding carboxylic acids is 1. The fourth-order valence-corrected chi connectivity index (χ4v) is 1.24. The van der Waals surface area contributed by atoms with Crippen molar-refractivity contribution in [2.24, 2.45) is 0 Å². The Morgan fingerprint density at radius 3 is 3.10 bits per heavy atom. The molecule has 0 spiro atoms. The zero-order chi connectivity index (χ0) is 7.30. The summed E-state index contributed by atoms with van der Waals surface area (Å²) in [6.07, 6.45) is 0.331. The number of rotatable bonds is 0. The summed E-state index contributed by atoms with van der Waals surface area (Å²) in [5, 5.41) is 9.26. The summed E-state index contributed by atoms with van der Waals surface area (Å²) in [5.41, 5.74) is 0.712. The second-order valence-electron chi connectivity index (χ2n) is 2.76. The van der Waals surface area contributed by atoms with E-state index in [-0.39, 0.29) is 18.0 Å². The molecular weight excluding hydrogens is 132 g/mol. The lowest BCUT2D eigenvalue weighted by Crippen LogP contribution is -2.26. The molecule has 1 aliphatic heterocycles. The number of fused-ring (bicyclic) bond motifs is 1. The molecule has 54 valence electrons. The average molecular weight is 140 g/mol. The number of carbonyl (C=O) groups is 1. The van der Waals surface area contributed by atoms with Crippen molar-refractivity contribution in [2.45, 2.75) is 25.2 Å². The minimum atomic E-state index is -0.553. The van der Waals surface area contributed by atoms with Crippen LogP contribution in [0.2, 0.25) is 0 Å². The van der Waals surface area contributed by atoms with Gasteiger partial charge >= 0.3 is 0 Å². The number of hydrogen-bond acceptors (Lipinski definition) is 3. The highest BCUT2D eigenvalue weighted by Gasteiger charge is 2.51. The van der Waals surface area contributed by atoms with E-state index in [0.717, 1.165) is 0 Å². The second-order valence-corrected chi connectivity index (χ2v) is 2.76. The monoisotopic (exact) mass is 140 g/mol. The number of epoxide rings is 1. The smallest absolute Gasteiger partial charge is 0.187 e. The fraction of sp³-hybridized carbons (Fsp3) is 0.571. The summed E-state index contributed by atoms with van der Waals surface area (Å²) in [4.78, 5) is 10.9. The first-order chi connectivity index (χ1) is 4.70. The molecular formula is C7H8O3. The van der Waals surface area contributed by atoms with Crippen molar-refractivity contribution in [1.29, 1.82) is 0 Å². The Labute approximate surface area is 58.3 Å². The third-order valence-electron chi connectivity index (χ3n) is 1.95. The summed E-state index contributed by atoms with van der Waals surface area (Å²) in [5.74, 6) is -0.00667. The Bertz CT molecular complexity index is 219. The summed E-state index contributed by atoms with van der Waals surface area (Å²) in [7, 11) is 0. The van der Waals surface area contributed by atoms with Crippen molar-refractivity contribution in [3.05, 3.63) is 11.6 Å². The van der Waals surface area contributed by atoms with Crippen LogP contribution in [-0.4, -0.2) is 29.2 Å². The van der Waals surface area contributed by atoms with Crippen LogP contribution in [0.25, 0.3) is 0 Å². The van der Waals surface area contributed by atoms with Gasteiger partial charge in [-0.25, -0.2) is 0 Å². The molecule has 0 radical (unpaired) electrons. The van der Waals surface area contributed by atoms with E-state index in [1.807, 2.05) is 0 Å². The topological polar surface area (TPSA) is 49.8 Å². The SMILES string of the molecule is CC1=CC(=O)C2OC2C1O. The van der Waals surface area contributed by atoms with E-state index >= 15 is 0 Å². The molecule has 0 aromatic rings. The van der Waals surface area contributed by atoms with Crippen LogP contribution in [0, 0.1) is 0 Å². The predicted octanol–water partition coefficient (Wildman–Crippen LogP) is -0.356. The maximum absolute atomic E-state index is 10.9. The van der Waals surface area contributed by atoms with Crippen LogP contribution in [-0.2, 0) is 9.53 Å². The lowest BCUT2D eigenvalue weighted by atomic mass is 9.97. The van der Waals surface area contributed by atoms with Gasteiger partial charge in [-0.3, -0.25) is 4.79 Å². The summed E-state index contributed by atoms with van der Waals surface area (Å²) >= 11 is 0. The van der Waals surface area contributed by atoms with Crippen LogP contribution in [0.15, 0.2) is 11.6 Å². The number of ketones is 1. The minimum absolute atomic E-state index is 0.00667. The van der Waals surface area contributed by atoms with Gasteiger partial charge in [0.2, 0.25) is 0 Å². The molecule has 0 amide bonds. The molecule has 0 bridgehead atoms. The molecule has 3 unspecified atom stereocenters. The van der Waals surface area contributed by atoms with Gasteiger partial charge in [-0.05, 0) is 18.6 Å². The van der Waals surface area contributed by atoms with Crippen molar-refractivity contribution in [2.75, 3.05) is 0 Å². The van der Waals surface area contributed by atoms with Gasteiger partial charge in [0.15, 0.2) is 5.78 Å². The molecule has 3 atom stereocenters. The summed E-state index contributed by atoms with van der Waals surface area (Å²) < 4.78 is 4.92. The van der Waals surface area contributed by atoms with Crippen molar-refractivity contribution in [1.82, 2.24) is 0 Å². The Balaban J connectivity index is 2.30. The molecule has 2 aliphatic rings. The van der Waals surface area contributed by atoms with Crippen molar-refractivity contribution >= 4 is 5.78 Å². The Morgan fingerprint density at radius 1 is 1.70 bits per heavy atom. The summed E-state index contributed by atoms with van der Waals surface area (Å²) in [6.45, 7) is 1.74. The molecule has 1 saturated heterocycles. The molecule has 1 heterocycles. The lowest BCUT2D eigenvalue weighted by molar-refractivity contribution is -0.116. The Morgan fingerprint density at radius 2 is 2.40 bits per heavy atom. The Kier molecular flexibility index (Phi) is 1.02. The zero-order valence-electron chi connectivity index (χ0n) is 5.57. The zero-order valence-corrected chi connectivity index (χ0v) is 5.57. The normalized spacial score (nSPS) is 44.4. The first kappa shape index (κ1) is 6.07. The molecule has 3 heteroatoms. The predicted molar refractivity (Wildman–Crippen MR) is 33.4 cm³/mol. The minimum Gasteiger partial charge on any atom is -0.386 e. The van der Waals surface area contributed by atoms with Crippen molar-refractivity contribution in [3.63, 3.8) is 0 Å². The van der Waals surface area contributed by atoms with Gasteiger partial charge in [0.05, 0.1) is 0 Å². The van der Waals surface area contributed by atoms with Gasteiger partial charge in [0.25, 0.3) is 0 Å². The Hall–Kier alpha value is -0.670. The maximum Gasteiger partial charge on any atom is 0.187 e. The van der Waals surface area contributed by atoms with Gasteiger partial charge in [-0.2, -0.15) is 0 Å². The molecule has 1 aliphatic carbocycles. The highest BCUT2D eigenvalue weighted by molar-refractivity contribution is 5.97. The maximum atomic E-state index is 10.9. The number of aliphatic hydroxyl groups excluding tert-OH is 1. The van der Waals surface area contributed by atoms with Gasteiger partial charge in [-0.1, -0.05) is 0 Å².